The molecular weight excluding hydrogens is 254 g/mol. The maximum absolute atomic E-state index is 4.65. The summed E-state index contributed by atoms with van der Waals surface area (Å²) >= 11 is 1.52. The maximum atomic E-state index is 4.65. The zero-order chi connectivity index (χ0) is 13.8. The Morgan fingerprint density at radius 2 is 2.05 bits per heavy atom. The molecule has 0 aliphatic heterocycles. The number of rotatable bonds is 3. The smallest absolute Gasteiger partial charge is 0.202 e. The Bertz CT molecular complexity index is 475. The van der Waals surface area contributed by atoms with Gasteiger partial charge in [0, 0.05) is 23.5 Å². The molecule has 1 aromatic rings. The van der Waals surface area contributed by atoms with E-state index in [0.29, 0.717) is 22.8 Å². The summed E-state index contributed by atoms with van der Waals surface area (Å²) in [6.45, 7) is 11.6. The summed E-state index contributed by atoms with van der Waals surface area (Å²) < 4.78 is 4.46. The fourth-order valence-electron chi connectivity index (χ4n) is 4.31. The van der Waals surface area contributed by atoms with Crippen LogP contribution in [0.2, 0.25) is 0 Å². The minimum absolute atomic E-state index is 0.372. The third-order valence-electron chi connectivity index (χ3n) is 5.50. The van der Waals surface area contributed by atoms with Crippen molar-refractivity contribution in [3.8, 4) is 0 Å². The lowest BCUT2D eigenvalue weighted by molar-refractivity contribution is 0.155. The van der Waals surface area contributed by atoms with Crippen LogP contribution in [0.5, 0.6) is 0 Å². The average Bonchev–Trinajstić information content (AvgIpc) is 2.95. The highest BCUT2D eigenvalue weighted by Crippen LogP contribution is 2.63. The molecule has 0 amide bonds. The van der Waals surface area contributed by atoms with Crippen molar-refractivity contribution in [1.82, 2.24) is 9.36 Å². The van der Waals surface area contributed by atoms with Crippen molar-refractivity contribution in [2.24, 2.45) is 16.7 Å². The Morgan fingerprint density at radius 1 is 1.32 bits per heavy atom. The second kappa shape index (κ2) is 4.18. The van der Waals surface area contributed by atoms with E-state index in [2.05, 4.69) is 49.3 Å². The molecule has 0 radical (unpaired) electrons. The highest BCUT2D eigenvalue weighted by atomic mass is 32.1. The largest absolute Gasteiger partial charge is 0.356 e. The predicted octanol–water partition coefficient (Wildman–Crippen LogP) is 4.29. The molecule has 0 aromatic carbocycles. The van der Waals surface area contributed by atoms with Crippen LogP contribution in [-0.2, 0) is 0 Å². The molecule has 2 saturated carbocycles. The topological polar surface area (TPSA) is 37.8 Å². The van der Waals surface area contributed by atoms with Crippen molar-refractivity contribution >= 4 is 16.7 Å². The zero-order valence-electron chi connectivity index (χ0n) is 12.7. The third-order valence-corrected chi connectivity index (χ3v) is 6.16. The average molecular weight is 279 g/mol. The number of hydrogen-bond acceptors (Lipinski definition) is 4. The Balaban J connectivity index is 1.82. The Morgan fingerprint density at radius 3 is 2.58 bits per heavy atom. The van der Waals surface area contributed by atoms with Crippen LogP contribution in [0.25, 0.3) is 0 Å². The summed E-state index contributed by atoms with van der Waals surface area (Å²) in [5.74, 6) is 2.25. The molecule has 0 saturated heterocycles. The monoisotopic (exact) mass is 279 g/mol. The molecule has 4 heteroatoms. The second-order valence-corrected chi connectivity index (χ2v) is 8.36. The van der Waals surface area contributed by atoms with Gasteiger partial charge < -0.3 is 5.32 Å². The quantitative estimate of drug-likeness (QED) is 0.897. The Kier molecular flexibility index (Phi) is 2.93. The van der Waals surface area contributed by atoms with E-state index in [9.17, 15) is 0 Å². The zero-order valence-corrected chi connectivity index (χ0v) is 13.5. The minimum Gasteiger partial charge on any atom is -0.356 e. The number of anilines is 1. The summed E-state index contributed by atoms with van der Waals surface area (Å²) in [5.41, 5.74) is 0.814. The fraction of sp³-hybridized carbons (Fsp3) is 0.867. The van der Waals surface area contributed by atoms with Gasteiger partial charge in [0.2, 0.25) is 5.13 Å². The van der Waals surface area contributed by atoms with Crippen LogP contribution in [-0.4, -0.2) is 15.4 Å². The van der Waals surface area contributed by atoms with E-state index >= 15 is 0 Å². The van der Waals surface area contributed by atoms with Crippen LogP contribution in [0.4, 0.5) is 5.13 Å². The minimum atomic E-state index is 0.372. The molecule has 19 heavy (non-hydrogen) atoms. The molecule has 1 aromatic heterocycles. The Hall–Kier alpha value is -0.640. The number of nitrogens with one attached hydrogen (secondary N) is 1. The van der Waals surface area contributed by atoms with Gasteiger partial charge in [0.15, 0.2) is 0 Å². The second-order valence-electron chi connectivity index (χ2n) is 7.60. The lowest BCUT2D eigenvalue weighted by Gasteiger charge is -2.43. The molecule has 3 unspecified atom stereocenters. The van der Waals surface area contributed by atoms with E-state index in [0.717, 1.165) is 16.9 Å². The third kappa shape index (κ3) is 1.99. The molecule has 2 fully saturated rings. The van der Waals surface area contributed by atoms with Crippen molar-refractivity contribution in [3.05, 3.63) is 5.82 Å². The molecule has 2 aliphatic carbocycles. The fourth-order valence-corrected chi connectivity index (χ4v) is 5.05. The molecule has 3 atom stereocenters. The van der Waals surface area contributed by atoms with Gasteiger partial charge in [0.1, 0.15) is 5.82 Å². The lowest BCUT2D eigenvalue weighted by Crippen LogP contribution is -2.45. The molecule has 1 N–H and O–H groups in total. The van der Waals surface area contributed by atoms with Gasteiger partial charge in [-0.25, -0.2) is 4.98 Å². The maximum Gasteiger partial charge on any atom is 0.202 e. The van der Waals surface area contributed by atoms with Crippen molar-refractivity contribution in [2.45, 2.75) is 65.8 Å². The summed E-state index contributed by atoms with van der Waals surface area (Å²) in [6.07, 6.45) is 4.12. The predicted molar refractivity (Wildman–Crippen MR) is 80.6 cm³/mol. The van der Waals surface area contributed by atoms with Crippen LogP contribution in [0.15, 0.2) is 0 Å². The molecule has 2 aliphatic rings. The normalized spacial score (nSPS) is 36.1. The SMILES string of the molecule is CC(C)c1nsc(NC2C3(C)CCC(C3)C2(C)C)n1. The number of fused-ring (bicyclic) bond motifs is 2. The van der Waals surface area contributed by atoms with Gasteiger partial charge in [0.05, 0.1) is 0 Å². The van der Waals surface area contributed by atoms with E-state index in [1.807, 2.05) is 0 Å². The van der Waals surface area contributed by atoms with Crippen LogP contribution in [0, 0.1) is 16.7 Å². The summed E-state index contributed by atoms with van der Waals surface area (Å²) in [7, 11) is 0. The standard InChI is InChI=1S/C15H25N3S/c1-9(2)11-16-13(19-18-11)17-12-14(3,4)10-6-7-15(12,5)8-10/h9-10,12H,6-8H2,1-5H3,(H,16,17,18). The van der Waals surface area contributed by atoms with Gasteiger partial charge in [-0.3, -0.25) is 0 Å². The van der Waals surface area contributed by atoms with Crippen molar-refractivity contribution in [3.63, 3.8) is 0 Å². The first-order chi connectivity index (χ1) is 8.83. The van der Waals surface area contributed by atoms with Gasteiger partial charge in [-0.1, -0.05) is 34.6 Å². The lowest BCUT2D eigenvalue weighted by atomic mass is 9.68. The van der Waals surface area contributed by atoms with Gasteiger partial charge in [-0.15, -0.1) is 0 Å². The molecule has 106 valence electrons. The van der Waals surface area contributed by atoms with Gasteiger partial charge in [-0.2, -0.15) is 4.37 Å². The van der Waals surface area contributed by atoms with E-state index < -0.39 is 0 Å². The first kappa shape index (κ1) is 13.3. The van der Waals surface area contributed by atoms with Crippen LogP contribution < -0.4 is 5.32 Å². The van der Waals surface area contributed by atoms with E-state index in [1.165, 1.54) is 30.8 Å². The first-order valence-corrected chi connectivity index (χ1v) is 8.20. The summed E-state index contributed by atoms with van der Waals surface area (Å²) in [6, 6.07) is 0.534. The molecule has 3 rings (SSSR count). The van der Waals surface area contributed by atoms with E-state index in [4.69, 9.17) is 0 Å². The van der Waals surface area contributed by atoms with Gasteiger partial charge in [0.25, 0.3) is 0 Å². The molecule has 3 nitrogen and oxygen atoms in total. The van der Waals surface area contributed by atoms with Crippen molar-refractivity contribution in [1.29, 1.82) is 0 Å². The van der Waals surface area contributed by atoms with Gasteiger partial charge in [-0.05, 0) is 36.0 Å². The molecule has 0 spiro atoms. The summed E-state index contributed by atoms with van der Waals surface area (Å²) in [4.78, 5) is 4.65. The van der Waals surface area contributed by atoms with E-state index in [1.54, 1.807) is 0 Å². The molecule has 2 bridgehead atoms. The van der Waals surface area contributed by atoms with Crippen molar-refractivity contribution in [2.75, 3.05) is 5.32 Å². The molecular formula is C15H25N3S. The van der Waals surface area contributed by atoms with E-state index in [-0.39, 0.29) is 0 Å². The first-order valence-electron chi connectivity index (χ1n) is 7.43. The highest BCUT2D eigenvalue weighted by molar-refractivity contribution is 7.09. The van der Waals surface area contributed by atoms with Crippen LogP contribution in [0.3, 0.4) is 0 Å². The number of hydrogen-bond donors (Lipinski definition) is 1. The summed E-state index contributed by atoms with van der Waals surface area (Å²) in [5, 5.41) is 4.73. The van der Waals surface area contributed by atoms with Crippen LogP contribution in [0.1, 0.15) is 65.6 Å². The van der Waals surface area contributed by atoms with Gasteiger partial charge >= 0.3 is 0 Å². The van der Waals surface area contributed by atoms with Crippen molar-refractivity contribution < 1.29 is 0 Å². The number of aromatic nitrogens is 2. The highest BCUT2D eigenvalue weighted by Gasteiger charge is 2.59. The Labute approximate surface area is 120 Å². The molecule has 1 heterocycles. The van der Waals surface area contributed by atoms with Crippen LogP contribution >= 0.6 is 11.5 Å². The number of nitrogens with zero attached hydrogens (tertiary/aromatic N) is 2.